The highest BCUT2D eigenvalue weighted by atomic mass is 35.5. The van der Waals surface area contributed by atoms with Crippen molar-refractivity contribution in [1.82, 2.24) is 0 Å². The van der Waals surface area contributed by atoms with Crippen LogP contribution in [-0.4, -0.2) is 34.9 Å². The van der Waals surface area contributed by atoms with E-state index in [2.05, 4.69) is 0 Å². The predicted molar refractivity (Wildman–Crippen MR) is 115 cm³/mol. The first-order chi connectivity index (χ1) is 14.3. The minimum atomic E-state index is -1.15. The number of halogens is 1. The second kappa shape index (κ2) is 10.9. The van der Waals surface area contributed by atoms with Crippen molar-refractivity contribution in [2.75, 3.05) is 6.61 Å². The van der Waals surface area contributed by atoms with Crippen molar-refractivity contribution in [3.05, 3.63) is 57.6 Å². The Balaban J connectivity index is 2.32. The first-order valence-corrected chi connectivity index (χ1v) is 10.3. The van der Waals surface area contributed by atoms with Crippen LogP contribution in [-0.2, 0) is 6.42 Å². The minimum absolute atomic E-state index is 0.0587. The van der Waals surface area contributed by atoms with Gasteiger partial charge >= 0.3 is 11.9 Å². The molecule has 0 radical (unpaired) electrons. The largest absolute Gasteiger partial charge is 0.493 e. The fourth-order valence-electron chi connectivity index (χ4n) is 3.18. The van der Waals surface area contributed by atoms with Crippen LogP contribution in [0.5, 0.6) is 11.5 Å². The molecular formula is C23H27ClO6. The van der Waals surface area contributed by atoms with Crippen LogP contribution in [0.4, 0.5) is 0 Å². The quantitative estimate of drug-likeness (QED) is 0.476. The molecule has 0 aliphatic heterocycles. The first-order valence-electron chi connectivity index (χ1n) is 9.95. The lowest BCUT2D eigenvalue weighted by atomic mass is 10.0. The van der Waals surface area contributed by atoms with Crippen LogP contribution in [0.1, 0.15) is 65.0 Å². The van der Waals surface area contributed by atoms with Gasteiger partial charge in [0.2, 0.25) is 0 Å². The lowest BCUT2D eigenvalue weighted by molar-refractivity contribution is 0.0679. The molecule has 2 rings (SSSR count). The van der Waals surface area contributed by atoms with Crippen LogP contribution in [0, 0.1) is 6.92 Å². The molecule has 0 aliphatic carbocycles. The summed E-state index contributed by atoms with van der Waals surface area (Å²) in [7, 11) is 0. The summed E-state index contributed by atoms with van der Waals surface area (Å²) in [6.07, 6.45) is 2.45. The van der Waals surface area contributed by atoms with Gasteiger partial charge in [0.05, 0.1) is 11.6 Å². The van der Waals surface area contributed by atoms with Gasteiger partial charge in [0.1, 0.15) is 28.7 Å². The van der Waals surface area contributed by atoms with E-state index >= 15 is 0 Å². The van der Waals surface area contributed by atoms with Crippen molar-refractivity contribution in [3.8, 4) is 11.5 Å². The molecule has 0 spiro atoms. The highest BCUT2D eigenvalue weighted by molar-refractivity contribution is 6.34. The van der Waals surface area contributed by atoms with E-state index in [1.807, 2.05) is 20.8 Å². The molecule has 0 bridgehead atoms. The maximum Gasteiger partial charge on any atom is 0.341 e. The number of rotatable bonds is 11. The third-order valence-electron chi connectivity index (χ3n) is 4.52. The van der Waals surface area contributed by atoms with Gasteiger partial charge in [-0.15, -0.1) is 0 Å². The van der Waals surface area contributed by atoms with E-state index in [0.717, 1.165) is 24.0 Å². The molecule has 0 aliphatic rings. The third-order valence-corrected chi connectivity index (χ3v) is 4.82. The van der Waals surface area contributed by atoms with E-state index in [4.69, 9.17) is 21.1 Å². The summed E-state index contributed by atoms with van der Waals surface area (Å²) in [4.78, 5) is 23.1. The Hall–Kier alpha value is -2.73. The summed E-state index contributed by atoms with van der Waals surface area (Å²) >= 11 is 6.13. The number of carboxylic acids is 2. The minimum Gasteiger partial charge on any atom is -0.493 e. The molecule has 0 saturated heterocycles. The summed E-state index contributed by atoms with van der Waals surface area (Å²) < 4.78 is 11.7. The van der Waals surface area contributed by atoms with Crippen LogP contribution in [0.2, 0.25) is 5.02 Å². The van der Waals surface area contributed by atoms with Crippen molar-refractivity contribution in [3.63, 3.8) is 0 Å². The summed E-state index contributed by atoms with van der Waals surface area (Å²) in [5.41, 5.74) is 1.70. The van der Waals surface area contributed by atoms with Crippen LogP contribution >= 0.6 is 11.6 Å². The molecule has 0 aromatic heterocycles. The van der Waals surface area contributed by atoms with Gasteiger partial charge in [-0.3, -0.25) is 0 Å². The fraction of sp³-hybridized carbons (Fsp3) is 0.391. The summed E-state index contributed by atoms with van der Waals surface area (Å²) in [5.74, 6) is -1.64. The lowest BCUT2D eigenvalue weighted by Crippen LogP contribution is -2.21. The SMILES string of the molecule is CCCOc1cc(CC(CCC)Oc2cc(C)cc(Cl)c2C(=O)O)ccc1C(=O)O. The Morgan fingerprint density at radius 3 is 2.37 bits per heavy atom. The summed E-state index contributed by atoms with van der Waals surface area (Å²) in [6, 6.07) is 8.23. The van der Waals surface area contributed by atoms with Gasteiger partial charge in [-0.1, -0.05) is 37.9 Å². The molecule has 2 N–H and O–H groups in total. The zero-order chi connectivity index (χ0) is 22.3. The molecule has 0 amide bonds. The number of aryl methyl sites for hydroxylation is 1. The molecule has 2 aromatic carbocycles. The number of benzene rings is 2. The van der Waals surface area contributed by atoms with Crippen molar-refractivity contribution < 1.29 is 29.3 Å². The molecule has 0 fully saturated rings. The normalized spacial score (nSPS) is 11.7. The third kappa shape index (κ3) is 6.13. The van der Waals surface area contributed by atoms with Crippen molar-refractivity contribution >= 4 is 23.5 Å². The van der Waals surface area contributed by atoms with Gasteiger partial charge in [0.25, 0.3) is 0 Å². The average Bonchev–Trinajstić information content (AvgIpc) is 2.65. The maximum absolute atomic E-state index is 11.7. The van der Waals surface area contributed by atoms with E-state index < -0.39 is 11.9 Å². The second-order valence-corrected chi connectivity index (χ2v) is 7.55. The molecule has 0 heterocycles. The predicted octanol–water partition coefficient (Wildman–Crippen LogP) is 5.62. The topological polar surface area (TPSA) is 93.1 Å². The van der Waals surface area contributed by atoms with Gasteiger partial charge in [-0.2, -0.15) is 0 Å². The van der Waals surface area contributed by atoms with Gasteiger partial charge in [-0.25, -0.2) is 9.59 Å². The monoisotopic (exact) mass is 434 g/mol. The van der Waals surface area contributed by atoms with Gasteiger partial charge in [0, 0.05) is 6.42 Å². The Kier molecular flexibility index (Phi) is 8.54. The number of ether oxygens (including phenoxy) is 2. The summed E-state index contributed by atoms with van der Waals surface area (Å²) in [6.45, 7) is 6.20. The highest BCUT2D eigenvalue weighted by Crippen LogP contribution is 2.31. The zero-order valence-corrected chi connectivity index (χ0v) is 18.2. The molecule has 7 heteroatoms. The van der Waals surface area contributed by atoms with E-state index in [9.17, 15) is 19.8 Å². The van der Waals surface area contributed by atoms with E-state index in [0.29, 0.717) is 25.2 Å². The molecule has 2 aromatic rings. The van der Waals surface area contributed by atoms with E-state index in [1.54, 1.807) is 24.3 Å². The standard InChI is InChI=1S/C23H27ClO6/c1-4-6-16(30-20-11-14(3)10-18(24)21(20)23(27)28)12-15-7-8-17(22(25)26)19(13-15)29-9-5-2/h7-8,10-11,13,16H,4-6,9,12H2,1-3H3,(H,25,26)(H,27,28). The second-order valence-electron chi connectivity index (χ2n) is 7.14. The van der Waals surface area contributed by atoms with E-state index in [-0.39, 0.29) is 28.0 Å². The molecule has 0 saturated carbocycles. The Labute approximate surface area is 181 Å². The van der Waals surface area contributed by atoms with Crippen molar-refractivity contribution in [2.24, 2.45) is 0 Å². The first kappa shape index (κ1) is 23.5. The Morgan fingerprint density at radius 2 is 1.77 bits per heavy atom. The van der Waals surface area contributed by atoms with Gasteiger partial charge < -0.3 is 19.7 Å². The number of carbonyl (C=O) groups is 2. The van der Waals surface area contributed by atoms with Crippen LogP contribution < -0.4 is 9.47 Å². The number of hydrogen-bond acceptors (Lipinski definition) is 4. The van der Waals surface area contributed by atoms with Crippen LogP contribution in [0.25, 0.3) is 0 Å². The van der Waals surface area contributed by atoms with Crippen LogP contribution in [0.15, 0.2) is 30.3 Å². The lowest BCUT2D eigenvalue weighted by Gasteiger charge is -2.21. The number of aromatic carboxylic acids is 2. The zero-order valence-electron chi connectivity index (χ0n) is 17.4. The van der Waals surface area contributed by atoms with Gasteiger partial charge in [0.15, 0.2) is 0 Å². The highest BCUT2D eigenvalue weighted by Gasteiger charge is 2.21. The molecular weight excluding hydrogens is 408 g/mol. The average molecular weight is 435 g/mol. The Bertz CT molecular complexity index is 909. The fourth-order valence-corrected chi connectivity index (χ4v) is 3.53. The number of carboxylic acid groups (broad SMARTS) is 2. The molecule has 30 heavy (non-hydrogen) atoms. The number of hydrogen-bond donors (Lipinski definition) is 2. The van der Waals surface area contributed by atoms with E-state index in [1.165, 1.54) is 6.07 Å². The Morgan fingerprint density at radius 1 is 1.03 bits per heavy atom. The summed E-state index contributed by atoms with van der Waals surface area (Å²) in [5, 5.41) is 19.0. The van der Waals surface area contributed by atoms with Crippen molar-refractivity contribution in [2.45, 2.75) is 52.6 Å². The molecule has 1 unspecified atom stereocenters. The smallest absolute Gasteiger partial charge is 0.341 e. The molecule has 162 valence electrons. The van der Waals surface area contributed by atoms with Crippen LogP contribution in [0.3, 0.4) is 0 Å². The maximum atomic E-state index is 11.7. The molecule has 1 atom stereocenters. The van der Waals surface area contributed by atoms with Gasteiger partial charge in [-0.05, 0) is 55.2 Å². The van der Waals surface area contributed by atoms with Crippen molar-refractivity contribution in [1.29, 1.82) is 0 Å². The molecule has 6 nitrogen and oxygen atoms in total.